The first-order valence-electron chi connectivity index (χ1n) is 4.26. The van der Waals surface area contributed by atoms with E-state index in [1.165, 1.54) is 20.8 Å². The van der Waals surface area contributed by atoms with E-state index in [-0.39, 0.29) is 17.1 Å². The predicted octanol–water partition coefficient (Wildman–Crippen LogP) is 2.09. The quantitative estimate of drug-likeness (QED) is 0.405. The molecule has 0 N–H and O–H groups in total. The van der Waals surface area contributed by atoms with Crippen molar-refractivity contribution in [2.45, 2.75) is 20.8 Å². The summed E-state index contributed by atoms with van der Waals surface area (Å²) in [6.45, 7) is 11.3. The van der Waals surface area contributed by atoms with Gasteiger partial charge in [0.1, 0.15) is 0 Å². The maximum atomic E-state index is 11.2. The maximum Gasteiger partial charge on any atom is 0.339 e. The van der Waals surface area contributed by atoms with E-state index in [1.807, 2.05) is 0 Å². The molecule has 0 amide bonds. The van der Waals surface area contributed by atoms with Crippen LogP contribution in [0.3, 0.4) is 0 Å². The Labute approximate surface area is 88.9 Å². The highest BCUT2D eigenvalue weighted by atomic mass is 16.5. The number of allylic oxidation sites excluding steroid dienone is 2. The second kappa shape index (κ2) is 5.80. The largest absolute Gasteiger partial charge is 0.429 e. The highest BCUT2D eigenvalue weighted by Crippen LogP contribution is 2.03. The molecule has 0 aliphatic heterocycles. The van der Waals surface area contributed by atoms with Crippen molar-refractivity contribution in [1.82, 2.24) is 0 Å². The molecule has 15 heavy (non-hydrogen) atoms. The highest BCUT2D eigenvalue weighted by Gasteiger charge is 2.09. The van der Waals surface area contributed by atoms with E-state index in [4.69, 9.17) is 0 Å². The molecular formula is C11H14O4. The van der Waals surface area contributed by atoms with Gasteiger partial charge in [0, 0.05) is 11.6 Å². The van der Waals surface area contributed by atoms with Crippen LogP contribution in [0.2, 0.25) is 0 Å². The minimum Gasteiger partial charge on any atom is -0.429 e. The van der Waals surface area contributed by atoms with Gasteiger partial charge in [-0.2, -0.15) is 0 Å². The summed E-state index contributed by atoms with van der Waals surface area (Å²) >= 11 is 0. The summed E-state index contributed by atoms with van der Waals surface area (Å²) < 4.78 is 9.32. The fourth-order valence-corrected chi connectivity index (χ4v) is 0.676. The van der Waals surface area contributed by atoms with Gasteiger partial charge in [0.15, 0.2) is 0 Å². The van der Waals surface area contributed by atoms with Gasteiger partial charge in [-0.25, -0.2) is 9.59 Å². The molecule has 0 aromatic rings. The van der Waals surface area contributed by atoms with Crippen LogP contribution < -0.4 is 0 Å². The first kappa shape index (κ1) is 13.2. The molecule has 4 nitrogen and oxygen atoms in total. The number of hydrogen-bond acceptors (Lipinski definition) is 4. The van der Waals surface area contributed by atoms with E-state index >= 15 is 0 Å². The van der Waals surface area contributed by atoms with Crippen molar-refractivity contribution in [3.05, 3.63) is 36.3 Å². The summed E-state index contributed by atoms with van der Waals surface area (Å²) in [5.74, 6) is -0.752. The highest BCUT2D eigenvalue weighted by molar-refractivity contribution is 5.96. The lowest BCUT2D eigenvalue weighted by atomic mass is 10.3. The van der Waals surface area contributed by atoms with E-state index in [2.05, 4.69) is 22.6 Å². The zero-order valence-corrected chi connectivity index (χ0v) is 9.12. The minimum atomic E-state index is -0.654. The van der Waals surface area contributed by atoms with Crippen molar-refractivity contribution in [2.24, 2.45) is 0 Å². The number of ether oxygens (including phenoxy) is 2. The van der Waals surface area contributed by atoms with Crippen molar-refractivity contribution in [3.63, 3.8) is 0 Å². The lowest BCUT2D eigenvalue weighted by Crippen LogP contribution is -2.07. The van der Waals surface area contributed by atoms with Crippen LogP contribution in [0.25, 0.3) is 0 Å². The molecule has 0 bridgehead atoms. The molecule has 0 aliphatic rings. The Morgan fingerprint density at radius 3 is 1.87 bits per heavy atom. The molecule has 0 aromatic heterocycles. The van der Waals surface area contributed by atoms with Crippen LogP contribution in [0.1, 0.15) is 20.8 Å². The van der Waals surface area contributed by atoms with Crippen LogP contribution in [0.15, 0.2) is 36.3 Å². The van der Waals surface area contributed by atoms with Crippen LogP contribution in [0.5, 0.6) is 0 Å². The van der Waals surface area contributed by atoms with Crippen molar-refractivity contribution < 1.29 is 19.1 Å². The zero-order chi connectivity index (χ0) is 12.0. The number of carbonyl (C=O) groups is 2. The molecular weight excluding hydrogens is 196 g/mol. The van der Waals surface area contributed by atoms with Gasteiger partial charge in [-0.05, 0) is 20.8 Å². The Kier molecular flexibility index (Phi) is 5.09. The summed E-state index contributed by atoms with van der Waals surface area (Å²) in [6, 6.07) is 0. The Morgan fingerprint density at radius 2 is 1.47 bits per heavy atom. The number of esters is 2. The molecule has 82 valence electrons. The Bertz CT molecular complexity index is 336. The smallest absolute Gasteiger partial charge is 0.339 e. The van der Waals surface area contributed by atoms with E-state index in [0.29, 0.717) is 0 Å². The van der Waals surface area contributed by atoms with Gasteiger partial charge in [0.05, 0.1) is 11.5 Å². The first-order chi connectivity index (χ1) is 6.82. The Hall–Kier alpha value is -1.84. The summed E-state index contributed by atoms with van der Waals surface area (Å²) in [5.41, 5.74) is 0.143. The van der Waals surface area contributed by atoms with Gasteiger partial charge in [-0.3, -0.25) is 0 Å². The number of carbonyl (C=O) groups excluding carboxylic acids is 2. The van der Waals surface area contributed by atoms with Crippen LogP contribution >= 0.6 is 0 Å². The molecule has 0 aromatic carbocycles. The van der Waals surface area contributed by atoms with Crippen LogP contribution in [0, 0.1) is 0 Å². The van der Waals surface area contributed by atoms with Gasteiger partial charge in [-0.1, -0.05) is 13.2 Å². The molecule has 0 unspecified atom stereocenters. The van der Waals surface area contributed by atoms with Gasteiger partial charge in [0.25, 0.3) is 0 Å². The summed E-state index contributed by atoms with van der Waals surface area (Å²) in [4.78, 5) is 22.3. The van der Waals surface area contributed by atoms with Gasteiger partial charge in [-0.15, -0.1) is 0 Å². The molecule has 0 saturated carbocycles. The normalized spacial score (nSPS) is 10.5. The molecule has 0 fully saturated rings. The third-order valence-electron chi connectivity index (χ3n) is 1.20. The summed E-state index contributed by atoms with van der Waals surface area (Å²) in [6.07, 6.45) is 1.04. The molecule has 0 heterocycles. The number of hydrogen-bond donors (Lipinski definition) is 0. The van der Waals surface area contributed by atoms with E-state index in [0.717, 1.165) is 6.08 Å². The summed E-state index contributed by atoms with van der Waals surface area (Å²) in [7, 11) is 0. The Morgan fingerprint density at radius 1 is 1.00 bits per heavy atom. The average molecular weight is 210 g/mol. The van der Waals surface area contributed by atoms with Crippen molar-refractivity contribution in [1.29, 1.82) is 0 Å². The molecule has 0 radical (unpaired) electrons. The molecule has 0 spiro atoms. The fourth-order valence-electron chi connectivity index (χ4n) is 0.676. The minimum absolute atomic E-state index is 0.143. The maximum absolute atomic E-state index is 11.2. The molecule has 0 saturated heterocycles. The van der Waals surface area contributed by atoms with E-state index in [9.17, 15) is 9.59 Å². The zero-order valence-electron chi connectivity index (χ0n) is 9.12. The van der Waals surface area contributed by atoms with Crippen molar-refractivity contribution in [2.75, 3.05) is 0 Å². The third-order valence-corrected chi connectivity index (χ3v) is 1.20. The predicted molar refractivity (Wildman–Crippen MR) is 55.6 cm³/mol. The van der Waals surface area contributed by atoms with E-state index < -0.39 is 11.9 Å². The monoisotopic (exact) mass is 210 g/mol. The van der Waals surface area contributed by atoms with Gasteiger partial charge in [0.2, 0.25) is 0 Å². The van der Waals surface area contributed by atoms with Crippen molar-refractivity contribution >= 4 is 11.9 Å². The standard InChI is InChI=1S/C11H14O4/c1-7(2)14-10(12)6-9(5)11(13)15-8(3)4/h6H,1,3H2,2,4-5H3/b9-6-. The second-order valence-corrected chi connectivity index (χ2v) is 3.04. The fraction of sp³-hybridized carbons (Fsp3) is 0.273. The molecule has 4 heteroatoms. The number of rotatable bonds is 4. The summed E-state index contributed by atoms with van der Waals surface area (Å²) in [5, 5.41) is 0. The molecule has 0 aliphatic carbocycles. The topological polar surface area (TPSA) is 52.6 Å². The first-order valence-corrected chi connectivity index (χ1v) is 4.26. The SMILES string of the molecule is C=C(C)OC(=O)/C=C(/C)C(=O)OC(=C)C. The van der Waals surface area contributed by atoms with Crippen LogP contribution in [-0.4, -0.2) is 11.9 Å². The van der Waals surface area contributed by atoms with Gasteiger partial charge >= 0.3 is 11.9 Å². The molecule has 0 rings (SSSR count). The van der Waals surface area contributed by atoms with Crippen molar-refractivity contribution in [3.8, 4) is 0 Å². The van der Waals surface area contributed by atoms with Gasteiger partial charge < -0.3 is 9.47 Å². The lowest BCUT2D eigenvalue weighted by molar-refractivity contribution is -0.137. The molecule has 0 atom stereocenters. The van der Waals surface area contributed by atoms with E-state index in [1.54, 1.807) is 0 Å². The average Bonchev–Trinajstić information content (AvgIpc) is 2.00. The second-order valence-electron chi connectivity index (χ2n) is 3.04. The van der Waals surface area contributed by atoms with Crippen LogP contribution in [-0.2, 0) is 19.1 Å². The van der Waals surface area contributed by atoms with Crippen LogP contribution in [0.4, 0.5) is 0 Å². The Balaban J connectivity index is 4.42. The third kappa shape index (κ3) is 6.26. The lowest BCUT2D eigenvalue weighted by Gasteiger charge is -2.03.